The molecule has 2 rings (SSSR count). The maximum atomic E-state index is 4.58. The first-order valence-corrected chi connectivity index (χ1v) is 7.74. The van der Waals surface area contributed by atoms with Crippen LogP contribution < -0.4 is 10.2 Å². The number of nitrogens with one attached hydrogen (secondary N) is 1. The molecule has 0 aliphatic heterocycles. The smallest absolute Gasteiger partial charge is 0.191 e. The summed E-state index contributed by atoms with van der Waals surface area (Å²) in [6.45, 7) is 6.37. The van der Waals surface area contributed by atoms with Crippen molar-refractivity contribution in [3.63, 3.8) is 0 Å². The van der Waals surface area contributed by atoms with E-state index in [4.69, 9.17) is 0 Å². The summed E-state index contributed by atoms with van der Waals surface area (Å²) in [7, 11) is 2.12. The van der Waals surface area contributed by atoms with Gasteiger partial charge in [0.15, 0.2) is 5.16 Å². The minimum absolute atomic E-state index is 0.833. The minimum atomic E-state index is 0.833. The SMILES string of the molecule is CCNc1cc(N(C)CC2CC2C)nc(SC)n1. The van der Waals surface area contributed by atoms with Gasteiger partial charge in [-0.2, -0.15) is 0 Å². The van der Waals surface area contributed by atoms with Crippen molar-refractivity contribution in [1.29, 1.82) is 0 Å². The van der Waals surface area contributed by atoms with Crippen LogP contribution >= 0.6 is 11.8 Å². The Bertz CT molecular complexity index is 410. The van der Waals surface area contributed by atoms with Crippen molar-refractivity contribution in [3.8, 4) is 0 Å². The normalized spacial score (nSPS) is 21.8. The second-order valence-corrected chi connectivity index (χ2v) is 5.76. The molecule has 1 fully saturated rings. The van der Waals surface area contributed by atoms with Gasteiger partial charge in [0.2, 0.25) is 0 Å². The molecule has 1 aromatic rings. The number of hydrogen-bond donors (Lipinski definition) is 1. The fourth-order valence-electron chi connectivity index (χ4n) is 2.07. The van der Waals surface area contributed by atoms with Gasteiger partial charge < -0.3 is 10.2 Å². The van der Waals surface area contributed by atoms with Crippen molar-refractivity contribution in [2.75, 3.05) is 36.6 Å². The number of rotatable bonds is 6. The van der Waals surface area contributed by atoms with Crippen molar-refractivity contribution in [2.24, 2.45) is 11.8 Å². The topological polar surface area (TPSA) is 41.0 Å². The highest BCUT2D eigenvalue weighted by molar-refractivity contribution is 7.98. The van der Waals surface area contributed by atoms with Gasteiger partial charge in [-0.15, -0.1) is 0 Å². The van der Waals surface area contributed by atoms with Crippen LogP contribution in [0.4, 0.5) is 11.6 Å². The van der Waals surface area contributed by atoms with Gasteiger partial charge in [0, 0.05) is 26.2 Å². The molecule has 2 atom stereocenters. The average molecular weight is 266 g/mol. The summed E-state index contributed by atoms with van der Waals surface area (Å²) in [5.74, 6) is 3.65. The summed E-state index contributed by atoms with van der Waals surface area (Å²) in [5, 5.41) is 4.10. The zero-order valence-electron chi connectivity index (χ0n) is 11.6. The van der Waals surface area contributed by atoms with Gasteiger partial charge in [-0.25, -0.2) is 9.97 Å². The fraction of sp³-hybridized carbons (Fsp3) is 0.692. The van der Waals surface area contributed by atoms with Crippen LogP contribution in [0.2, 0.25) is 0 Å². The Morgan fingerprint density at radius 3 is 2.78 bits per heavy atom. The van der Waals surface area contributed by atoms with E-state index in [1.807, 2.05) is 12.3 Å². The standard InChI is InChI=1S/C13H22N4S/c1-5-14-11-7-12(16-13(15-11)18-4)17(3)8-10-6-9(10)2/h7,9-10H,5-6,8H2,1-4H3,(H,14,15,16). The van der Waals surface area contributed by atoms with Crippen LogP contribution in [-0.2, 0) is 0 Å². The van der Waals surface area contributed by atoms with Gasteiger partial charge in [0.1, 0.15) is 11.6 Å². The lowest BCUT2D eigenvalue weighted by atomic mass is 10.3. The highest BCUT2D eigenvalue weighted by atomic mass is 32.2. The summed E-state index contributed by atoms with van der Waals surface area (Å²) < 4.78 is 0. The fourth-order valence-corrected chi connectivity index (χ4v) is 2.44. The molecule has 0 aromatic carbocycles. The Morgan fingerprint density at radius 2 is 2.22 bits per heavy atom. The highest BCUT2D eigenvalue weighted by Crippen LogP contribution is 2.38. The van der Waals surface area contributed by atoms with E-state index in [1.54, 1.807) is 11.8 Å². The van der Waals surface area contributed by atoms with E-state index in [0.717, 1.165) is 41.7 Å². The van der Waals surface area contributed by atoms with Crippen molar-refractivity contribution in [3.05, 3.63) is 6.07 Å². The van der Waals surface area contributed by atoms with E-state index in [0.29, 0.717) is 0 Å². The predicted molar refractivity (Wildman–Crippen MR) is 78.5 cm³/mol. The van der Waals surface area contributed by atoms with Gasteiger partial charge in [-0.3, -0.25) is 0 Å². The average Bonchev–Trinajstić information content (AvgIpc) is 3.04. The molecule has 0 amide bonds. The minimum Gasteiger partial charge on any atom is -0.370 e. The molecular weight excluding hydrogens is 244 g/mol. The lowest BCUT2D eigenvalue weighted by Crippen LogP contribution is -2.22. The molecule has 100 valence electrons. The molecular formula is C13H22N4S. The summed E-state index contributed by atoms with van der Waals surface area (Å²) in [6.07, 6.45) is 3.36. The van der Waals surface area contributed by atoms with Crippen molar-refractivity contribution < 1.29 is 0 Å². The first-order chi connectivity index (χ1) is 8.63. The number of hydrogen-bond acceptors (Lipinski definition) is 5. The molecule has 0 saturated heterocycles. The van der Waals surface area contributed by atoms with Gasteiger partial charge in [-0.05, 0) is 31.4 Å². The summed E-state index contributed by atoms with van der Waals surface area (Å²) in [5.41, 5.74) is 0. The number of anilines is 2. The van der Waals surface area contributed by atoms with Gasteiger partial charge >= 0.3 is 0 Å². The first-order valence-electron chi connectivity index (χ1n) is 6.52. The number of thioether (sulfide) groups is 1. The summed E-state index contributed by atoms with van der Waals surface area (Å²) in [6, 6.07) is 2.04. The zero-order chi connectivity index (χ0) is 13.1. The van der Waals surface area contributed by atoms with Crippen LogP contribution in [-0.4, -0.2) is 36.4 Å². The largest absolute Gasteiger partial charge is 0.370 e. The highest BCUT2D eigenvalue weighted by Gasteiger charge is 2.33. The quantitative estimate of drug-likeness (QED) is 0.633. The van der Waals surface area contributed by atoms with E-state index in [9.17, 15) is 0 Å². The van der Waals surface area contributed by atoms with Gasteiger partial charge in [0.25, 0.3) is 0 Å². The van der Waals surface area contributed by atoms with Crippen LogP contribution in [0.5, 0.6) is 0 Å². The molecule has 1 aliphatic rings. The number of nitrogens with zero attached hydrogens (tertiary/aromatic N) is 3. The van der Waals surface area contributed by atoms with Crippen molar-refractivity contribution in [1.82, 2.24) is 9.97 Å². The Kier molecular flexibility index (Phi) is 4.32. The molecule has 1 aliphatic carbocycles. The lowest BCUT2D eigenvalue weighted by molar-refractivity contribution is 0.714. The zero-order valence-corrected chi connectivity index (χ0v) is 12.4. The first kappa shape index (κ1) is 13.5. The lowest BCUT2D eigenvalue weighted by Gasteiger charge is -2.19. The third-order valence-corrected chi connectivity index (χ3v) is 3.96. The molecule has 1 saturated carbocycles. The van der Waals surface area contributed by atoms with E-state index < -0.39 is 0 Å². The van der Waals surface area contributed by atoms with Gasteiger partial charge in [0.05, 0.1) is 0 Å². The van der Waals surface area contributed by atoms with Crippen LogP contribution in [0.3, 0.4) is 0 Å². The Balaban J connectivity index is 2.11. The molecule has 0 bridgehead atoms. The van der Waals surface area contributed by atoms with E-state index >= 15 is 0 Å². The molecule has 1 aromatic heterocycles. The van der Waals surface area contributed by atoms with Crippen LogP contribution in [0.25, 0.3) is 0 Å². The molecule has 0 radical (unpaired) electrons. The van der Waals surface area contributed by atoms with Crippen LogP contribution in [0.15, 0.2) is 11.2 Å². The third kappa shape index (κ3) is 3.28. The molecule has 4 nitrogen and oxygen atoms in total. The van der Waals surface area contributed by atoms with E-state index in [1.165, 1.54) is 6.42 Å². The molecule has 2 unspecified atom stereocenters. The van der Waals surface area contributed by atoms with Crippen LogP contribution in [0, 0.1) is 11.8 Å². The van der Waals surface area contributed by atoms with E-state index in [-0.39, 0.29) is 0 Å². The monoisotopic (exact) mass is 266 g/mol. The maximum absolute atomic E-state index is 4.58. The summed E-state index contributed by atoms with van der Waals surface area (Å²) in [4.78, 5) is 11.3. The second kappa shape index (κ2) is 5.78. The predicted octanol–water partition coefficient (Wildman–Crippen LogP) is 2.72. The summed E-state index contributed by atoms with van der Waals surface area (Å²) >= 11 is 1.59. The van der Waals surface area contributed by atoms with Crippen molar-refractivity contribution in [2.45, 2.75) is 25.4 Å². The molecule has 1 N–H and O–H groups in total. The maximum Gasteiger partial charge on any atom is 0.191 e. The Morgan fingerprint density at radius 1 is 1.50 bits per heavy atom. The second-order valence-electron chi connectivity index (χ2n) is 4.98. The molecule has 0 spiro atoms. The Hall–Kier alpha value is -0.970. The van der Waals surface area contributed by atoms with Crippen molar-refractivity contribution >= 4 is 23.4 Å². The number of aromatic nitrogens is 2. The molecule has 18 heavy (non-hydrogen) atoms. The van der Waals surface area contributed by atoms with Gasteiger partial charge in [-0.1, -0.05) is 18.7 Å². The van der Waals surface area contributed by atoms with Crippen LogP contribution in [0.1, 0.15) is 20.3 Å². The third-order valence-electron chi connectivity index (χ3n) is 3.41. The molecule has 1 heterocycles. The van der Waals surface area contributed by atoms with E-state index in [2.05, 4.69) is 41.1 Å². The molecule has 5 heteroatoms. The Labute approximate surface area is 114 Å².